The number of amides is 2. The van der Waals surface area contributed by atoms with E-state index in [1.165, 1.54) is 6.21 Å². The Balaban J connectivity index is 1.36. The zero-order valence-corrected chi connectivity index (χ0v) is 22.0. The molecule has 1 saturated heterocycles. The Hall–Kier alpha value is -2.35. The van der Waals surface area contributed by atoms with Crippen LogP contribution in [-0.2, 0) is 16.2 Å². The second kappa shape index (κ2) is 9.96. The molecule has 0 unspecified atom stereocenters. The number of carbonyl (C=O) groups excluding carboxylic acids is 2. The molecule has 4 atom stereocenters. The summed E-state index contributed by atoms with van der Waals surface area (Å²) in [5.41, 5.74) is 1.45. The van der Waals surface area contributed by atoms with Gasteiger partial charge in [-0.05, 0) is 77.4 Å². The SMILES string of the molecule is CCOc1cc(/C=N\N2C(=O)[C@@H]3[C@H](C2=O)[C@@H]2C=C[C@@H]3CC2)cc(Br)c1OCc1ccc(Cl)cc1Cl. The van der Waals surface area contributed by atoms with Crippen LogP contribution in [0.4, 0.5) is 0 Å². The molecule has 0 N–H and O–H groups in total. The summed E-state index contributed by atoms with van der Waals surface area (Å²) in [5, 5.41) is 6.41. The molecule has 35 heavy (non-hydrogen) atoms. The molecule has 6 nitrogen and oxygen atoms in total. The number of fused-ring (bicyclic) bond motifs is 1. The second-order valence-electron chi connectivity index (χ2n) is 8.86. The Morgan fingerprint density at radius 2 is 1.74 bits per heavy atom. The van der Waals surface area contributed by atoms with Crippen molar-refractivity contribution in [3.8, 4) is 11.5 Å². The van der Waals surface area contributed by atoms with E-state index in [2.05, 4.69) is 33.2 Å². The van der Waals surface area contributed by atoms with Crippen molar-refractivity contribution in [1.82, 2.24) is 5.01 Å². The Morgan fingerprint density at radius 3 is 2.34 bits per heavy atom. The number of hydrogen-bond donors (Lipinski definition) is 0. The van der Waals surface area contributed by atoms with Crippen molar-refractivity contribution >= 4 is 57.2 Å². The van der Waals surface area contributed by atoms with Gasteiger partial charge in [-0.2, -0.15) is 10.1 Å². The minimum absolute atomic E-state index is 0.130. The summed E-state index contributed by atoms with van der Waals surface area (Å²) >= 11 is 15.8. The molecule has 9 heteroatoms. The van der Waals surface area contributed by atoms with E-state index in [0.29, 0.717) is 38.2 Å². The maximum Gasteiger partial charge on any atom is 0.254 e. The summed E-state index contributed by atoms with van der Waals surface area (Å²) in [5.74, 6) is 0.282. The molecule has 2 fully saturated rings. The average molecular weight is 578 g/mol. The van der Waals surface area contributed by atoms with Gasteiger partial charge in [0.25, 0.3) is 11.8 Å². The van der Waals surface area contributed by atoms with E-state index in [0.717, 1.165) is 23.4 Å². The van der Waals surface area contributed by atoms with Gasteiger partial charge in [0.1, 0.15) is 6.61 Å². The first kappa shape index (κ1) is 24.3. The van der Waals surface area contributed by atoms with Crippen LogP contribution < -0.4 is 9.47 Å². The lowest BCUT2D eigenvalue weighted by Crippen LogP contribution is -2.38. The summed E-state index contributed by atoms with van der Waals surface area (Å²) in [4.78, 5) is 26.0. The normalized spacial score (nSPS) is 25.0. The van der Waals surface area contributed by atoms with E-state index in [1.807, 2.05) is 13.0 Å². The van der Waals surface area contributed by atoms with Gasteiger partial charge < -0.3 is 9.47 Å². The number of benzene rings is 2. The lowest BCUT2D eigenvalue weighted by atomic mass is 9.63. The van der Waals surface area contributed by atoms with Crippen molar-refractivity contribution in [1.29, 1.82) is 0 Å². The molecular formula is C26H23BrCl2N2O4. The minimum atomic E-state index is -0.287. The predicted octanol–water partition coefficient (Wildman–Crippen LogP) is 6.26. The van der Waals surface area contributed by atoms with Gasteiger partial charge >= 0.3 is 0 Å². The number of hydrazone groups is 1. The lowest BCUT2D eigenvalue weighted by molar-refractivity contribution is -0.140. The van der Waals surface area contributed by atoms with E-state index in [1.54, 1.807) is 24.3 Å². The maximum absolute atomic E-state index is 13.0. The molecule has 4 aliphatic rings. The van der Waals surface area contributed by atoms with Crippen molar-refractivity contribution < 1.29 is 19.1 Å². The third kappa shape index (κ3) is 4.61. The molecule has 0 radical (unpaired) electrons. The molecule has 182 valence electrons. The lowest BCUT2D eigenvalue weighted by Gasteiger charge is -2.37. The second-order valence-corrected chi connectivity index (χ2v) is 10.6. The van der Waals surface area contributed by atoms with E-state index in [-0.39, 0.29) is 42.1 Å². The quantitative estimate of drug-likeness (QED) is 0.221. The number of carbonyl (C=O) groups is 2. The van der Waals surface area contributed by atoms with Crippen LogP contribution in [0.15, 0.2) is 52.1 Å². The van der Waals surface area contributed by atoms with Gasteiger partial charge in [-0.3, -0.25) is 9.59 Å². The first-order valence-corrected chi connectivity index (χ1v) is 13.1. The first-order valence-electron chi connectivity index (χ1n) is 11.5. The Kier molecular flexibility index (Phi) is 6.93. The average Bonchev–Trinajstić information content (AvgIpc) is 3.11. The molecule has 1 heterocycles. The molecule has 3 aliphatic carbocycles. The van der Waals surface area contributed by atoms with Crippen LogP contribution in [0.2, 0.25) is 10.0 Å². The molecule has 0 aromatic heterocycles. The molecule has 2 aromatic carbocycles. The minimum Gasteiger partial charge on any atom is -0.490 e. The number of allylic oxidation sites excluding steroid dienone is 2. The molecule has 2 bridgehead atoms. The topological polar surface area (TPSA) is 68.2 Å². The van der Waals surface area contributed by atoms with Crippen molar-refractivity contribution in [2.24, 2.45) is 28.8 Å². The van der Waals surface area contributed by atoms with Gasteiger partial charge in [0.2, 0.25) is 0 Å². The van der Waals surface area contributed by atoms with Gasteiger partial charge in [0.05, 0.1) is 29.1 Å². The number of rotatable bonds is 7. The zero-order valence-electron chi connectivity index (χ0n) is 18.9. The Labute approximate surface area is 222 Å². The fourth-order valence-corrected chi connectivity index (χ4v) is 6.19. The van der Waals surface area contributed by atoms with Crippen LogP contribution >= 0.6 is 39.1 Å². The highest BCUT2D eigenvalue weighted by Gasteiger charge is 2.56. The molecule has 1 aliphatic heterocycles. The molecule has 2 amide bonds. The Morgan fingerprint density at radius 1 is 1.06 bits per heavy atom. The number of ether oxygens (including phenoxy) is 2. The van der Waals surface area contributed by atoms with Crippen molar-refractivity contribution in [3.63, 3.8) is 0 Å². The first-order chi connectivity index (χ1) is 16.9. The van der Waals surface area contributed by atoms with E-state index < -0.39 is 0 Å². The highest BCUT2D eigenvalue weighted by atomic mass is 79.9. The van der Waals surface area contributed by atoms with Crippen LogP contribution in [-0.4, -0.2) is 29.6 Å². The number of nitrogens with zero attached hydrogens (tertiary/aromatic N) is 2. The van der Waals surface area contributed by atoms with Crippen LogP contribution in [0.25, 0.3) is 0 Å². The van der Waals surface area contributed by atoms with Crippen LogP contribution in [0.5, 0.6) is 11.5 Å². The van der Waals surface area contributed by atoms with Gasteiger partial charge in [-0.15, -0.1) is 0 Å². The van der Waals surface area contributed by atoms with Crippen molar-refractivity contribution in [2.45, 2.75) is 26.4 Å². The van der Waals surface area contributed by atoms with Crippen LogP contribution in [0, 0.1) is 23.7 Å². The monoisotopic (exact) mass is 576 g/mol. The highest BCUT2D eigenvalue weighted by molar-refractivity contribution is 9.10. The zero-order chi connectivity index (χ0) is 24.7. The number of imide groups is 1. The standard InChI is InChI=1S/C26H23BrCl2N2O4/c1-2-34-21-10-14(9-19(27)24(21)35-13-17-7-8-18(28)11-20(17)29)12-30-31-25(32)22-15-3-4-16(6-5-15)23(22)26(31)33/h3-4,7-12,15-16,22-23H,2,5-6,13H2,1H3/b30-12-/t15-,16-,22-,23+/m1/s1. The largest absolute Gasteiger partial charge is 0.490 e. The molecule has 6 rings (SSSR count). The predicted molar refractivity (Wildman–Crippen MR) is 138 cm³/mol. The Bertz CT molecular complexity index is 1220. The summed E-state index contributed by atoms with van der Waals surface area (Å²) in [6, 6.07) is 8.79. The molecular weight excluding hydrogens is 555 g/mol. The smallest absolute Gasteiger partial charge is 0.254 e. The van der Waals surface area contributed by atoms with Crippen molar-refractivity contribution in [3.05, 3.63) is 68.1 Å². The van der Waals surface area contributed by atoms with Gasteiger partial charge in [-0.25, -0.2) is 0 Å². The number of halogens is 3. The van der Waals surface area contributed by atoms with E-state index >= 15 is 0 Å². The van der Waals surface area contributed by atoms with Crippen LogP contribution in [0.3, 0.4) is 0 Å². The third-order valence-electron chi connectivity index (χ3n) is 6.78. The maximum atomic E-state index is 13.0. The summed E-state index contributed by atoms with van der Waals surface area (Å²) < 4.78 is 12.5. The summed E-state index contributed by atoms with van der Waals surface area (Å²) in [6.07, 6.45) is 7.60. The van der Waals surface area contributed by atoms with Gasteiger partial charge in [0, 0.05) is 15.6 Å². The van der Waals surface area contributed by atoms with E-state index in [9.17, 15) is 9.59 Å². The van der Waals surface area contributed by atoms with Gasteiger partial charge in [0.15, 0.2) is 11.5 Å². The fraction of sp³-hybridized carbons (Fsp3) is 0.346. The van der Waals surface area contributed by atoms with Crippen LogP contribution in [0.1, 0.15) is 30.9 Å². The molecule has 1 saturated carbocycles. The third-order valence-corrected chi connectivity index (χ3v) is 7.95. The summed E-state index contributed by atoms with van der Waals surface area (Å²) in [7, 11) is 0. The highest BCUT2D eigenvalue weighted by Crippen LogP contribution is 2.49. The molecule has 0 spiro atoms. The number of hydrogen-bond acceptors (Lipinski definition) is 5. The fourth-order valence-electron chi connectivity index (χ4n) is 5.15. The summed E-state index contributed by atoms with van der Waals surface area (Å²) in [6.45, 7) is 2.52. The molecule has 2 aromatic rings. The van der Waals surface area contributed by atoms with E-state index in [4.69, 9.17) is 32.7 Å². The van der Waals surface area contributed by atoms with Crippen molar-refractivity contribution in [2.75, 3.05) is 6.61 Å². The van der Waals surface area contributed by atoms with Gasteiger partial charge in [-0.1, -0.05) is 41.4 Å².